The van der Waals surface area contributed by atoms with Gasteiger partial charge in [-0.25, -0.2) is 9.78 Å². The molecule has 0 spiro atoms. The molecule has 2 aromatic heterocycles. The fraction of sp³-hybridized carbons (Fsp3) is 0.273. The van der Waals surface area contributed by atoms with Gasteiger partial charge in [0.05, 0.1) is 23.3 Å². The van der Waals surface area contributed by atoms with Gasteiger partial charge in [0.2, 0.25) is 5.76 Å². The Labute approximate surface area is 112 Å². The number of furan rings is 1. The van der Waals surface area contributed by atoms with Crippen molar-refractivity contribution in [3.05, 3.63) is 29.3 Å². The van der Waals surface area contributed by atoms with Crippen molar-refractivity contribution in [2.24, 2.45) is 0 Å². The van der Waals surface area contributed by atoms with Crippen LogP contribution < -0.4 is 5.73 Å². The molecule has 2 heterocycles. The molecule has 7 heteroatoms. The Morgan fingerprint density at radius 1 is 1.67 bits per heavy atom. The van der Waals surface area contributed by atoms with Crippen molar-refractivity contribution in [2.75, 3.05) is 12.8 Å². The summed E-state index contributed by atoms with van der Waals surface area (Å²) in [6.07, 6.45) is 1.48. The molecule has 0 saturated heterocycles. The lowest BCUT2D eigenvalue weighted by molar-refractivity contribution is 0.0564. The van der Waals surface area contributed by atoms with Crippen LogP contribution in [0.2, 0.25) is 0 Å². The van der Waals surface area contributed by atoms with Crippen LogP contribution in [0.4, 0.5) is 5.13 Å². The summed E-state index contributed by atoms with van der Waals surface area (Å²) in [5.74, 6) is 0.403. The molecule has 0 atom stereocenters. The molecule has 0 aromatic carbocycles. The van der Waals surface area contributed by atoms with Crippen molar-refractivity contribution >= 4 is 34.2 Å². The van der Waals surface area contributed by atoms with E-state index in [4.69, 9.17) is 10.2 Å². The molecule has 18 heavy (non-hydrogen) atoms. The minimum Gasteiger partial charge on any atom is -0.463 e. The van der Waals surface area contributed by atoms with Gasteiger partial charge in [0.1, 0.15) is 0 Å². The van der Waals surface area contributed by atoms with E-state index in [9.17, 15) is 4.79 Å². The molecule has 0 radical (unpaired) electrons. The molecule has 0 unspecified atom stereocenters. The molecular formula is C11H12N2O3S2. The Balaban J connectivity index is 2.09. The van der Waals surface area contributed by atoms with E-state index in [1.165, 1.54) is 24.7 Å². The summed E-state index contributed by atoms with van der Waals surface area (Å²) in [6.45, 7) is 1.91. The Bertz CT molecular complexity index is 562. The maximum absolute atomic E-state index is 11.4. The molecule has 0 bridgehead atoms. The van der Waals surface area contributed by atoms with Crippen molar-refractivity contribution in [2.45, 2.75) is 16.9 Å². The first kappa shape index (κ1) is 13.0. The fourth-order valence-electron chi connectivity index (χ4n) is 1.40. The highest BCUT2D eigenvalue weighted by Gasteiger charge is 2.16. The number of thiazole rings is 1. The van der Waals surface area contributed by atoms with E-state index in [0.717, 1.165) is 15.5 Å². The summed E-state index contributed by atoms with van der Waals surface area (Å²) < 4.78 is 10.8. The van der Waals surface area contributed by atoms with Crippen LogP contribution in [-0.2, 0) is 10.5 Å². The first-order valence-corrected chi connectivity index (χ1v) is 6.92. The topological polar surface area (TPSA) is 78.3 Å². The molecule has 0 aliphatic heterocycles. The first-order chi connectivity index (χ1) is 8.61. The molecule has 2 aromatic rings. The monoisotopic (exact) mass is 284 g/mol. The van der Waals surface area contributed by atoms with Crippen LogP contribution in [0.5, 0.6) is 0 Å². The Morgan fingerprint density at radius 2 is 2.44 bits per heavy atom. The number of nitrogen functional groups attached to an aromatic ring is 1. The number of nitrogens with zero attached hydrogens (tertiary/aromatic N) is 1. The van der Waals surface area contributed by atoms with Gasteiger partial charge in [0.15, 0.2) is 5.13 Å². The fourth-order valence-corrected chi connectivity index (χ4v) is 3.40. The van der Waals surface area contributed by atoms with Crippen molar-refractivity contribution in [3.8, 4) is 0 Å². The predicted molar refractivity (Wildman–Crippen MR) is 70.9 cm³/mol. The van der Waals surface area contributed by atoms with Gasteiger partial charge >= 0.3 is 5.97 Å². The van der Waals surface area contributed by atoms with E-state index < -0.39 is 5.97 Å². The number of ether oxygens (including phenoxy) is 1. The number of aryl methyl sites for hydroxylation is 1. The number of hydrogen-bond donors (Lipinski definition) is 1. The molecule has 2 N–H and O–H groups in total. The van der Waals surface area contributed by atoms with Gasteiger partial charge in [0.25, 0.3) is 0 Å². The number of nitrogens with two attached hydrogens (primary N) is 1. The molecule has 96 valence electrons. The summed E-state index contributed by atoms with van der Waals surface area (Å²) in [5.41, 5.74) is 7.34. The van der Waals surface area contributed by atoms with Crippen LogP contribution in [0.3, 0.4) is 0 Å². The quantitative estimate of drug-likeness (QED) is 0.687. The molecule has 0 fully saturated rings. The third-order valence-corrected chi connectivity index (χ3v) is 4.64. The second-order valence-electron chi connectivity index (χ2n) is 3.48. The Kier molecular flexibility index (Phi) is 3.93. The predicted octanol–water partition coefficient (Wildman–Crippen LogP) is 2.71. The highest BCUT2D eigenvalue weighted by molar-refractivity contribution is 8.00. The number of thioether (sulfide) groups is 1. The number of hydrogen-bond acceptors (Lipinski definition) is 7. The SMILES string of the molecule is COC(=O)c1occc1CSc1sc(N)nc1C. The Hall–Kier alpha value is -1.47. The molecule has 0 saturated carbocycles. The summed E-state index contributed by atoms with van der Waals surface area (Å²) in [4.78, 5) is 15.6. The van der Waals surface area contributed by atoms with E-state index in [1.54, 1.807) is 17.8 Å². The zero-order valence-corrected chi connectivity index (χ0v) is 11.6. The van der Waals surface area contributed by atoms with Crippen LogP contribution in [0.15, 0.2) is 21.0 Å². The number of methoxy groups -OCH3 is 1. The molecule has 0 aliphatic carbocycles. The smallest absolute Gasteiger partial charge is 0.374 e. The summed E-state index contributed by atoms with van der Waals surface area (Å²) in [7, 11) is 1.33. The zero-order valence-electron chi connectivity index (χ0n) is 9.93. The number of aromatic nitrogens is 1. The number of carbonyl (C=O) groups excluding carboxylic acids is 1. The lowest BCUT2D eigenvalue weighted by Gasteiger charge is -2.00. The average Bonchev–Trinajstić information content (AvgIpc) is 2.92. The minimum absolute atomic E-state index is 0.250. The number of rotatable bonds is 4. The van der Waals surface area contributed by atoms with Crippen molar-refractivity contribution in [1.82, 2.24) is 4.98 Å². The molecule has 2 rings (SSSR count). The number of anilines is 1. The second-order valence-corrected chi connectivity index (χ2v) is 5.75. The standard InChI is InChI=1S/C11H12N2O3S2/c1-6-10(18-11(12)13-6)17-5-7-3-4-16-8(7)9(14)15-2/h3-4H,5H2,1-2H3,(H2,12,13). The van der Waals surface area contributed by atoms with E-state index in [-0.39, 0.29) is 5.76 Å². The van der Waals surface area contributed by atoms with Gasteiger partial charge < -0.3 is 14.9 Å². The second kappa shape index (κ2) is 5.45. The van der Waals surface area contributed by atoms with Crippen LogP contribution in [0.1, 0.15) is 21.8 Å². The van der Waals surface area contributed by atoms with Crippen molar-refractivity contribution in [3.63, 3.8) is 0 Å². The highest BCUT2D eigenvalue weighted by atomic mass is 32.2. The van der Waals surface area contributed by atoms with Gasteiger partial charge in [-0.1, -0.05) is 11.3 Å². The normalized spacial score (nSPS) is 10.6. The van der Waals surface area contributed by atoms with Gasteiger partial charge in [0, 0.05) is 11.3 Å². The lowest BCUT2D eigenvalue weighted by atomic mass is 10.3. The van der Waals surface area contributed by atoms with Crippen molar-refractivity contribution in [1.29, 1.82) is 0 Å². The molecule has 0 amide bonds. The third kappa shape index (κ3) is 2.68. The minimum atomic E-state index is -0.462. The molecule has 0 aliphatic rings. The van der Waals surface area contributed by atoms with Crippen LogP contribution in [0, 0.1) is 6.92 Å². The summed E-state index contributed by atoms with van der Waals surface area (Å²) in [6, 6.07) is 1.76. The molecule has 5 nitrogen and oxygen atoms in total. The lowest BCUT2D eigenvalue weighted by Crippen LogP contribution is -2.02. The maximum atomic E-state index is 11.4. The summed E-state index contributed by atoms with van der Waals surface area (Å²) >= 11 is 3.01. The van der Waals surface area contributed by atoms with Gasteiger partial charge in [-0.3, -0.25) is 0 Å². The van der Waals surface area contributed by atoms with Crippen LogP contribution >= 0.6 is 23.1 Å². The van der Waals surface area contributed by atoms with E-state index in [1.807, 2.05) is 6.92 Å². The van der Waals surface area contributed by atoms with Gasteiger partial charge in [-0.05, 0) is 13.0 Å². The van der Waals surface area contributed by atoms with Crippen molar-refractivity contribution < 1.29 is 13.9 Å². The van der Waals surface area contributed by atoms with Crippen LogP contribution in [-0.4, -0.2) is 18.1 Å². The number of carbonyl (C=O) groups is 1. The average molecular weight is 284 g/mol. The highest BCUT2D eigenvalue weighted by Crippen LogP contribution is 2.33. The van der Waals surface area contributed by atoms with Gasteiger partial charge in [-0.15, -0.1) is 11.8 Å². The van der Waals surface area contributed by atoms with E-state index in [0.29, 0.717) is 10.9 Å². The zero-order chi connectivity index (χ0) is 13.1. The summed E-state index contributed by atoms with van der Waals surface area (Å²) in [5, 5.41) is 0.551. The largest absolute Gasteiger partial charge is 0.463 e. The van der Waals surface area contributed by atoms with Crippen LogP contribution in [0.25, 0.3) is 0 Å². The molecular weight excluding hydrogens is 272 g/mol. The third-order valence-electron chi connectivity index (χ3n) is 2.25. The van der Waals surface area contributed by atoms with E-state index in [2.05, 4.69) is 9.72 Å². The number of esters is 1. The first-order valence-electron chi connectivity index (χ1n) is 5.12. The van der Waals surface area contributed by atoms with Gasteiger partial charge in [-0.2, -0.15) is 0 Å². The maximum Gasteiger partial charge on any atom is 0.374 e. The van der Waals surface area contributed by atoms with E-state index >= 15 is 0 Å². The Morgan fingerprint density at radius 3 is 3.06 bits per heavy atom.